The summed E-state index contributed by atoms with van der Waals surface area (Å²) in [5, 5.41) is 18.3. The van der Waals surface area contributed by atoms with E-state index in [4.69, 9.17) is 5.26 Å². The van der Waals surface area contributed by atoms with Crippen LogP contribution in [0.3, 0.4) is 0 Å². The largest absolute Gasteiger partial charge is 0.417 e. The predicted molar refractivity (Wildman–Crippen MR) is 70.9 cm³/mol. The fraction of sp³-hybridized carbons (Fsp3) is 0.533. The smallest absolute Gasteiger partial charge is 0.382 e. The van der Waals surface area contributed by atoms with E-state index in [1.54, 1.807) is 0 Å². The highest BCUT2D eigenvalue weighted by atomic mass is 19.4. The number of aliphatic hydroxyl groups excluding tert-OH is 1. The van der Waals surface area contributed by atoms with Gasteiger partial charge < -0.3 is 10.0 Å². The second-order valence-electron chi connectivity index (χ2n) is 6.25. The molecular weight excluding hydrogens is 357 g/mol. The number of nitriles is 1. The van der Waals surface area contributed by atoms with Gasteiger partial charge in [0.1, 0.15) is 17.4 Å². The van der Waals surface area contributed by atoms with Crippen LogP contribution in [0.25, 0.3) is 0 Å². The molecule has 1 saturated heterocycles. The second kappa shape index (κ2) is 5.49. The number of hydrogen-bond acceptors (Lipinski definition) is 3. The van der Waals surface area contributed by atoms with Gasteiger partial charge in [-0.25, -0.2) is 4.39 Å². The van der Waals surface area contributed by atoms with Gasteiger partial charge in [-0.2, -0.15) is 31.6 Å². The Labute approximate surface area is 137 Å². The molecule has 10 heteroatoms. The van der Waals surface area contributed by atoms with E-state index in [2.05, 4.69) is 0 Å². The van der Waals surface area contributed by atoms with E-state index in [9.17, 15) is 35.8 Å². The van der Waals surface area contributed by atoms with Crippen molar-refractivity contribution in [1.82, 2.24) is 0 Å². The van der Waals surface area contributed by atoms with E-state index >= 15 is 0 Å². The van der Waals surface area contributed by atoms with Crippen LogP contribution in [-0.4, -0.2) is 30.0 Å². The molecule has 0 unspecified atom stereocenters. The summed E-state index contributed by atoms with van der Waals surface area (Å²) in [7, 11) is 0. The standard InChI is InChI=1S/C15H11F7N2O/c16-11-3-7(2-10(9(11)4-23)14(17,18)19)24-5-6-1-8(6)12(24)13(25)15(20,21)22/h2-3,6,8,12-13,25H,1,5H2/t6-,8-,12-,13-/m1/s1. The molecule has 1 aromatic carbocycles. The fourth-order valence-corrected chi connectivity index (χ4v) is 3.48. The Bertz CT molecular complexity index is 737. The van der Waals surface area contributed by atoms with Gasteiger partial charge in [0.15, 0.2) is 6.10 Å². The number of hydrogen-bond donors (Lipinski definition) is 1. The number of alkyl halides is 6. The maximum Gasteiger partial charge on any atom is 0.417 e. The molecule has 1 N–H and O–H groups in total. The lowest BCUT2D eigenvalue weighted by atomic mass is 10.0. The Kier molecular flexibility index (Phi) is 3.91. The molecule has 25 heavy (non-hydrogen) atoms. The minimum atomic E-state index is -5.04. The predicted octanol–water partition coefficient (Wildman–Crippen LogP) is 3.46. The zero-order chi connectivity index (χ0) is 18.7. The molecule has 0 amide bonds. The van der Waals surface area contributed by atoms with E-state index in [0.717, 1.165) is 11.0 Å². The molecule has 0 radical (unpaired) electrons. The molecule has 3 nitrogen and oxygen atoms in total. The highest BCUT2D eigenvalue weighted by Crippen LogP contribution is 2.53. The van der Waals surface area contributed by atoms with E-state index in [0.29, 0.717) is 18.6 Å². The van der Waals surface area contributed by atoms with Crippen molar-refractivity contribution in [3.8, 4) is 6.07 Å². The maximum atomic E-state index is 13.9. The van der Waals surface area contributed by atoms with Crippen LogP contribution in [-0.2, 0) is 6.18 Å². The van der Waals surface area contributed by atoms with Gasteiger partial charge in [-0.15, -0.1) is 0 Å². The number of anilines is 1. The van der Waals surface area contributed by atoms with Crippen molar-refractivity contribution >= 4 is 5.69 Å². The molecule has 0 spiro atoms. The van der Waals surface area contributed by atoms with Crippen LogP contribution in [0.1, 0.15) is 17.5 Å². The fourth-order valence-electron chi connectivity index (χ4n) is 3.48. The van der Waals surface area contributed by atoms with Gasteiger partial charge in [0.2, 0.25) is 0 Å². The number of halogens is 7. The highest BCUT2D eigenvalue weighted by Gasteiger charge is 2.60. The third-order valence-corrected chi connectivity index (χ3v) is 4.69. The summed E-state index contributed by atoms with van der Waals surface area (Å²) in [5.41, 5.74) is -3.19. The normalized spacial score (nSPS) is 27.0. The Morgan fingerprint density at radius 1 is 1.20 bits per heavy atom. The van der Waals surface area contributed by atoms with E-state index in [1.165, 1.54) is 0 Å². The lowest BCUT2D eigenvalue weighted by Gasteiger charge is -2.34. The first-order valence-corrected chi connectivity index (χ1v) is 7.27. The first-order chi connectivity index (χ1) is 11.4. The third-order valence-electron chi connectivity index (χ3n) is 4.69. The SMILES string of the molecule is N#Cc1c(F)cc(N2C[C@H]3C[C@H]3[C@@H]2[C@@H](O)C(F)(F)F)cc1C(F)(F)F. The molecule has 4 atom stereocenters. The van der Waals surface area contributed by atoms with Gasteiger partial charge in [-0.3, -0.25) is 0 Å². The number of nitrogens with zero attached hydrogens (tertiary/aromatic N) is 2. The average molecular weight is 368 g/mol. The summed E-state index contributed by atoms with van der Waals surface area (Å²) in [6.45, 7) is -0.00882. The van der Waals surface area contributed by atoms with Gasteiger partial charge in [-0.05, 0) is 30.4 Å². The van der Waals surface area contributed by atoms with Crippen molar-refractivity contribution in [2.75, 3.05) is 11.4 Å². The van der Waals surface area contributed by atoms with Gasteiger partial charge >= 0.3 is 12.4 Å². The molecule has 136 valence electrons. The Morgan fingerprint density at radius 2 is 1.84 bits per heavy atom. The zero-order valence-electron chi connectivity index (χ0n) is 12.4. The monoisotopic (exact) mass is 368 g/mol. The molecule has 1 aromatic rings. The third kappa shape index (κ3) is 3.01. The Balaban J connectivity index is 2.04. The first-order valence-electron chi connectivity index (χ1n) is 7.27. The average Bonchev–Trinajstić information content (AvgIpc) is 3.14. The lowest BCUT2D eigenvalue weighted by molar-refractivity contribution is -0.210. The highest BCUT2D eigenvalue weighted by molar-refractivity contribution is 5.58. The van der Waals surface area contributed by atoms with Crippen LogP contribution in [0.5, 0.6) is 0 Å². The summed E-state index contributed by atoms with van der Waals surface area (Å²) in [6.07, 6.45) is -12.3. The van der Waals surface area contributed by atoms with E-state index < -0.39 is 53.0 Å². The Hall–Kier alpha value is -2.02. The van der Waals surface area contributed by atoms with Gasteiger partial charge in [0.25, 0.3) is 0 Å². The summed E-state index contributed by atoms with van der Waals surface area (Å²) in [4.78, 5) is 0.955. The lowest BCUT2D eigenvalue weighted by Crippen LogP contribution is -2.49. The summed E-state index contributed by atoms with van der Waals surface area (Å²) in [5.74, 6) is -2.16. The summed E-state index contributed by atoms with van der Waals surface area (Å²) < 4.78 is 91.7. The molecule has 2 aliphatic rings. The van der Waals surface area contributed by atoms with Crippen molar-refractivity contribution in [3.05, 3.63) is 29.1 Å². The van der Waals surface area contributed by atoms with Crippen LogP contribution in [0.4, 0.5) is 36.4 Å². The summed E-state index contributed by atoms with van der Waals surface area (Å²) >= 11 is 0. The van der Waals surface area contributed by atoms with Crippen molar-refractivity contribution in [2.45, 2.75) is 30.9 Å². The van der Waals surface area contributed by atoms with E-state index in [-0.39, 0.29) is 12.5 Å². The van der Waals surface area contributed by atoms with Crippen LogP contribution >= 0.6 is 0 Å². The molecule has 3 rings (SSSR count). The van der Waals surface area contributed by atoms with Gasteiger partial charge in [0.05, 0.1) is 11.6 Å². The number of piperidine rings is 1. The molecule has 1 saturated carbocycles. The number of rotatable bonds is 2. The van der Waals surface area contributed by atoms with Crippen molar-refractivity contribution < 1.29 is 35.8 Å². The van der Waals surface area contributed by atoms with Gasteiger partial charge in [0, 0.05) is 12.2 Å². The topological polar surface area (TPSA) is 47.3 Å². The molecular formula is C15H11F7N2O. The van der Waals surface area contributed by atoms with Gasteiger partial charge in [-0.1, -0.05) is 0 Å². The van der Waals surface area contributed by atoms with Crippen LogP contribution in [0, 0.1) is 29.0 Å². The quantitative estimate of drug-likeness (QED) is 0.814. The van der Waals surface area contributed by atoms with E-state index in [1.807, 2.05) is 0 Å². The van der Waals surface area contributed by atoms with Crippen molar-refractivity contribution in [1.29, 1.82) is 5.26 Å². The number of fused-ring (bicyclic) bond motifs is 1. The molecule has 0 bridgehead atoms. The minimum absolute atomic E-state index is 0.00882. The van der Waals surface area contributed by atoms with Crippen molar-refractivity contribution in [2.24, 2.45) is 11.8 Å². The molecule has 1 heterocycles. The zero-order valence-corrected chi connectivity index (χ0v) is 12.4. The first kappa shape index (κ1) is 17.8. The number of aliphatic hydroxyl groups is 1. The molecule has 2 fully saturated rings. The molecule has 1 aliphatic carbocycles. The Morgan fingerprint density at radius 3 is 2.36 bits per heavy atom. The molecule has 1 aliphatic heterocycles. The summed E-state index contributed by atoms with van der Waals surface area (Å²) in [6, 6.07) is 0.714. The van der Waals surface area contributed by atoms with Crippen LogP contribution < -0.4 is 4.90 Å². The number of benzene rings is 1. The minimum Gasteiger partial charge on any atom is -0.382 e. The van der Waals surface area contributed by atoms with Crippen molar-refractivity contribution in [3.63, 3.8) is 0 Å². The van der Waals surface area contributed by atoms with Crippen LogP contribution in [0.2, 0.25) is 0 Å². The maximum absolute atomic E-state index is 13.9. The molecule has 0 aromatic heterocycles. The van der Waals surface area contributed by atoms with Crippen LogP contribution in [0.15, 0.2) is 12.1 Å². The second-order valence-corrected chi connectivity index (χ2v) is 6.25.